The van der Waals surface area contributed by atoms with E-state index in [2.05, 4.69) is 20.2 Å². The third-order valence-corrected chi connectivity index (χ3v) is 2.90. The first kappa shape index (κ1) is 20.7. The van der Waals surface area contributed by atoms with Crippen molar-refractivity contribution in [3.8, 4) is 0 Å². The summed E-state index contributed by atoms with van der Waals surface area (Å²) in [6.07, 6.45) is 1.03. The highest BCUT2D eigenvalue weighted by molar-refractivity contribution is 4.62. The SMILES string of the molecule is CCC(OOOOC(C)(C)CC)OOOOC(C)(C)CC. The lowest BCUT2D eigenvalue weighted by atomic mass is 10.1. The van der Waals surface area contributed by atoms with Gasteiger partial charge in [-0.15, -0.1) is 0 Å². The molecule has 21 heavy (non-hydrogen) atoms. The van der Waals surface area contributed by atoms with Crippen LogP contribution in [0.3, 0.4) is 0 Å². The summed E-state index contributed by atoms with van der Waals surface area (Å²) in [6, 6.07) is 0. The van der Waals surface area contributed by atoms with E-state index >= 15 is 0 Å². The Kier molecular flexibility index (Phi) is 10.3. The maximum Gasteiger partial charge on any atom is 0.230 e. The first-order chi connectivity index (χ1) is 9.76. The molecule has 0 saturated heterocycles. The molecule has 0 spiro atoms. The molecule has 0 saturated carbocycles. The second-order valence-electron chi connectivity index (χ2n) is 5.70. The molecule has 0 aromatic rings. The summed E-state index contributed by atoms with van der Waals surface area (Å²) in [5.41, 5.74) is -0.962. The quantitative estimate of drug-likeness (QED) is 0.220. The maximum absolute atomic E-state index is 4.96. The van der Waals surface area contributed by atoms with Crippen LogP contribution in [-0.4, -0.2) is 17.5 Å². The Bertz CT molecular complexity index is 233. The van der Waals surface area contributed by atoms with Gasteiger partial charge in [0.05, 0.1) is 0 Å². The van der Waals surface area contributed by atoms with Gasteiger partial charge in [0.1, 0.15) is 11.2 Å². The Labute approximate surface area is 126 Å². The fraction of sp³-hybridized carbons (Fsp3) is 1.00. The fourth-order valence-corrected chi connectivity index (χ4v) is 0.602. The highest BCUT2D eigenvalue weighted by Crippen LogP contribution is 2.15. The average molecular weight is 312 g/mol. The third kappa shape index (κ3) is 11.0. The van der Waals surface area contributed by atoms with E-state index in [1.807, 2.05) is 41.5 Å². The molecule has 128 valence electrons. The lowest BCUT2D eigenvalue weighted by Gasteiger charge is -2.21. The van der Waals surface area contributed by atoms with Crippen LogP contribution in [0.15, 0.2) is 0 Å². The van der Waals surface area contributed by atoms with Crippen molar-refractivity contribution in [1.29, 1.82) is 0 Å². The summed E-state index contributed by atoms with van der Waals surface area (Å²) >= 11 is 0. The van der Waals surface area contributed by atoms with Crippen molar-refractivity contribution < 1.29 is 39.7 Å². The van der Waals surface area contributed by atoms with E-state index in [4.69, 9.17) is 19.6 Å². The minimum atomic E-state index is -0.869. The van der Waals surface area contributed by atoms with E-state index < -0.39 is 17.5 Å². The summed E-state index contributed by atoms with van der Waals surface area (Å²) in [5.74, 6) is 0. The molecular weight excluding hydrogens is 284 g/mol. The van der Waals surface area contributed by atoms with Crippen molar-refractivity contribution in [2.75, 3.05) is 0 Å². The van der Waals surface area contributed by atoms with E-state index in [0.717, 1.165) is 12.8 Å². The molecule has 0 heterocycles. The van der Waals surface area contributed by atoms with Crippen molar-refractivity contribution in [3.05, 3.63) is 0 Å². The second kappa shape index (κ2) is 10.4. The lowest BCUT2D eigenvalue weighted by Crippen LogP contribution is -2.26. The molecule has 0 aromatic carbocycles. The van der Waals surface area contributed by atoms with Crippen LogP contribution < -0.4 is 0 Å². The molecule has 8 nitrogen and oxygen atoms in total. The molecule has 0 atom stereocenters. The van der Waals surface area contributed by atoms with Crippen LogP contribution in [0, 0.1) is 0 Å². The van der Waals surface area contributed by atoms with Crippen LogP contribution in [-0.2, 0) is 39.7 Å². The van der Waals surface area contributed by atoms with Crippen LogP contribution in [0.25, 0.3) is 0 Å². The van der Waals surface area contributed by atoms with Gasteiger partial charge in [-0.2, -0.15) is 19.6 Å². The summed E-state index contributed by atoms with van der Waals surface area (Å²) in [6.45, 7) is 13.0. The molecule has 0 aliphatic rings. The molecule has 0 radical (unpaired) electrons. The Balaban J connectivity index is 3.72. The van der Waals surface area contributed by atoms with Gasteiger partial charge in [-0.25, -0.2) is 0 Å². The van der Waals surface area contributed by atoms with Crippen molar-refractivity contribution in [2.45, 2.75) is 85.2 Å². The molecule has 0 amide bonds. The zero-order chi connectivity index (χ0) is 16.4. The van der Waals surface area contributed by atoms with Crippen LogP contribution in [0.5, 0.6) is 0 Å². The van der Waals surface area contributed by atoms with Crippen LogP contribution >= 0.6 is 0 Å². The highest BCUT2D eigenvalue weighted by atomic mass is 17.7. The molecule has 0 aliphatic heterocycles. The first-order valence-electron chi connectivity index (χ1n) is 7.12. The zero-order valence-corrected chi connectivity index (χ0v) is 14.0. The van der Waals surface area contributed by atoms with E-state index in [1.54, 1.807) is 6.92 Å². The van der Waals surface area contributed by atoms with E-state index in [-0.39, 0.29) is 0 Å². The predicted octanol–water partition coefficient (Wildman–Crippen LogP) is 3.72. The molecule has 0 rings (SSSR count). The molecule has 0 N–H and O–H groups in total. The molecule has 0 bridgehead atoms. The number of rotatable bonds is 13. The predicted molar refractivity (Wildman–Crippen MR) is 71.5 cm³/mol. The van der Waals surface area contributed by atoms with E-state index in [9.17, 15) is 0 Å². The Morgan fingerprint density at radius 2 is 1.05 bits per heavy atom. The fourth-order valence-electron chi connectivity index (χ4n) is 0.602. The maximum atomic E-state index is 4.96. The minimum absolute atomic E-state index is 0.418. The summed E-state index contributed by atoms with van der Waals surface area (Å²) in [5, 5.41) is 17.8. The highest BCUT2D eigenvalue weighted by Gasteiger charge is 2.20. The third-order valence-electron chi connectivity index (χ3n) is 2.90. The topological polar surface area (TPSA) is 73.8 Å². The van der Waals surface area contributed by atoms with Gasteiger partial charge in [-0.1, -0.05) is 20.8 Å². The average Bonchev–Trinajstić information content (AvgIpc) is 2.45. The largest absolute Gasteiger partial charge is 0.230 e. The summed E-state index contributed by atoms with van der Waals surface area (Å²) in [4.78, 5) is 19.4. The van der Waals surface area contributed by atoms with Crippen molar-refractivity contribution >= 4 is 0 Å². The lowest BCUT2D eigenvalue weighted by molar-refractivity contribution is -0.710. The zero-order valence-electron chi connectivity index (χ0n) is 14.0. The van der Waals surface area contributed by atoms with Crippen LogP contribution in [0.2, 0.25) is 0 Å². The molecule has 0 fully saturated rings. The molecule has 0 unspecified atom stereocenters. The van der Waals surface area contributed by atoms with Gasteiger partial charge in [-0.05, 0) is 60.7 Å². The molecule has 0 aromatic heterocycles. The second-order valence-corrected chi connectivity index (χ2v) is 5.70. The van der Waals surface area contributed by atoms with Gasteiger partial charge < -0.3 is 0 Å². The van der Waals surface area contributed by atoms with Gasteiger partial charge in [0.25, 0.3) is 0 Å². The molecule has 0 aliphatic carbocycles. The normalized spacial score (nSPS) is 13.1. The first-order valence-corrected chi connectivity index (χ1v) is 7.12. The molecule has 8 heteroatoms. The van der Waals surface area contributed by atoms with Crippen molar-refractivity contribution in [1.82, 2.24) is 0 Å². The standard InChI is InChI=1S/C13H28O8/c1-8-11(14-18-20-16-12(4,5)9-2)15-19-21-17-13(6,7)10-3/h11H,8-10H2,1-7H3. The monoisotopic (exact) mass is 312 g/mol. The minimum Gasteiger partial charge on any atom is -0.198 e. The van der Waals surface area contributed by atoms with Crippen molar-refractivity contribution in [2.24, 2.45) is 0 Å². The van der Waals surface area contributed by atoms with Gasteiger partial charge >= 0.3 is 0 Å². The van der Waals surface area contributed by atoms with Crippen LogP contribution in [0.4, 0.5) is 0 Å². The van der Waals surface area contributed by atoms with E-state index in [0.29, 0.717) is 6.42 Å². The Hall–Kier alpha value is -0.320. The van der Waals surface area contributed by atoms with E-state index in [1.165, 1.54) is 0 Å². The smallest absolute Gasteiger partial charge is 0.198 e. The van der Waals surface area contributed by atoms with Gasteiger partial charge in [-0.3, -0.25) is 0 Å². The Morgan fingerprint density at radius 1 is 0.667 bits per heavy atom. The van der Waals surface area contributed by atoms with Crippen molar-refractivity contribution in [3.63, 3.8) is 0 Å². The summed E-state index contributed by atoms with van der Waals surface area (Å²) in [7, 11) is 0. The number of hydrogen-bond donors (Lipinski definition) is 0. The van der Waals surface area contributed by atoms with Crippen LogP contribution in [0.1, 0.15) is 67.7 Å². The number of hydrogen-bond acceptors (Lipinski definition) is 8. The van der Waals surface area contributed by atoms with Gasteiger partial charge in [0.15, 0.2) is 0 Å². The Morgan fingerprint density at radius 3 is 1.33 bits per heavy atom. The van der Waals surface area contributed by atoms with Gasteiger partial charge in [0.2, 0.25) is 6.29 Å². The molecular formula is C13H28O8. The summed E-state index contributed by atoms with van der Waals surface area (Å²) < 4.78 is 0. The van der Waals surface area contributed by atoms with Gasteiger partial charge in [0, 0.05) is 6.42 Å².